The van der Waals surface area contributed by atoms with Crippen molar-refractivity contribution < 1.29 is 0 Å². The highest BCUT2D eigenvalue weighted by Gasteiger charge is 2.15. The van der Waals surface area contributed by atoms with Crippen LogP contribution >= 0.6 is 0 Å². The molecule has 0 atom stereocenters. The zero-order valence-corrected chi connectivity index (χ0v) is 10.6. The zero-order chi connectivity index (χ0) is 12.4. The van der Waals surface area contributed by atoms with Gasteiger partial charge in [-0.3, -0.25) is 4.90 Å². The van der Waals surface area contributed by atoms with Gasteiger partial charge in [-0.2, -0.15) is 0 Å². The van der Waals surface area contributed by atoms with Gasteiger partial charge in [0.05, 0.1) is 0 Å². The van der Waals surface area contributed by atoms with Gasteiger partial charge in [-0.05, 0) is 24.5 Å². The first-order chi connectivity index (χ1) is 8.81. The molecule has 0 spiro atoms. The van der Waals surface area contributed by atoms with E-state index in [1.54, 1.807) is 0 Å². The normalized spacial score (nSPS) is 15.4. The van der Waals surface area contributed by atoms with Crippen LogP contribution in [0.1, 0.15) is 22.5 Å². The maximum atomic E-state index is 4.25. The third-order valence-corrected chi connectivity index (χ3v) is 3.45. The van der Waals surface area contributed by atoms with Crippen molar-refractivity contribution in [1.82, 2.24) is 14.9 Å². The van der Waals surface area contributed by atoms with E-state index in [0.29, 0.717) is 0 Å². The van der Waals surface area contributed by atoms with Gasteiger partial charge in [0.1, 0.15) is 5.82 Å². The molecule has 3 nitrogen and oxygen atoms in total. The lowest BCUT2D eigenvalue weighted by Gasteiger charge is -2.28. The third kappa shape index (κ3) is 2.41. The van der Waals surface area contributed by atoms with E-state index in [1.165, 1.54) is 16.7 Å². The highest BCUT2D eigenvalue weighted by molar-refractivity contribution is 5.29. The Hall–Kier alpha value is -1.74. The molecule has 0 saturated heterocycles. The second-order valence-corrected chi connectivity index (χ2v) is 4.87. The van der Waals surface area contributed by atoms with E-state index >= 15 is 0 Å². The van der Waals surface area contributed by atoms with E-state index in [4.69, 9.17) is 0 Å². The van der Waals surface area contributed by atoms with E-state index in [1.807, 2.05) is 19.3 Å². The molecule has 0 fully saturated rings. The zero-order valence-electron chi connectivity index (χ0n) is 10.6. The molecule has 1 aromatic carbocycles. The molecule has 0 amide bonds. The number of rotatable bonds is 2. The fraction of sp³-hybridized carbons (Fsp3) is 0.333. The Morgan fingerprint density at radius 3 is 2.61 bits per heavy atom. The summed E-state index contributed by atoms with van der Waals surface area (Å²) in [6.07, 6.45) is 5.01. The maximum Gasteiger partial charge on any atom is 0.125 e. The molecule has 1 aromatic heterocycles. The van der Waals surface area contributed by atoms with Crippen molar-refractivity contribution in [3.63, 3.8) is 0 Å². The molecular weight excluding hydrogens is 222 g/mol. The average Bonchev–Trinajstić information content (AvgIpc) is 2.41. The summed E-state index contributed by atoms with van der Waals surface area (Å²) >= 11 is 0. The van der Waals surface area contributed by atoms with E-state index in [0.717, 1.165) is 31.9 Å². The van der Waals surface area contributed by atoms with Gasteiger partial charge in [0.15, 0.2) is 0 Å². The predicted octanol–water partition coefficient (Wildman–Crippen LogP) is 2.34. The van der Waals surface area contributed by atoms with Crippen molar-refractivity contribution in [2.24, 2.45) is 0 Å². The molecule has 0 saturated carbocycles. The third-order valence-electron chi connectivity index (χ3n) is 3.45. The average molecular weight is 239 g/mol. The van der Waals surface area contributed by atoms with Gasteiger partial charge in [0, 0.05) is 37.6 Å². The number of hydrogen-bond donors (Lipinski definition) is 0. The molecule has 18 heavy (non-hydrogen) atoms. The molecule has 0 aliphatic carbocycles. The monoisotopic (exact) mass is 239 g/mol. The maximum absolute atomic E-state index is 4.25. The van der Waals surface area contributed by atoms with Gasteiger partial charge < -0.3 is 0 Å². The van der Waals surface area contributed by atoms with Crippen molar-refractivity contribution in [3.8, 4) is 0 Å². The Bertz CT molecular complexity index is 534. The number of aromatic nitrogens is 2. The second kappa shape index (κ2) is 4.86. The predicted molar refractivity (Wildman–Crippen MR) is 71.0 cm³/mol. The van der Waals surface area contributed by atoms with Crippen molar-refractivity contribution >= 4 is 0 Å². The van der Waals surface area contributed by atoms with Gasteiger partial charge >= 0.3 is 0 Å². The van der Waals surface area contributed by atoms with Crippen LogP contribution in [0.25, 0.3) is 0 Å². The number of hydrogen-bond acceptors (Lipinski definition) is 3. The molecular formula is C15H17N3. The standard InChI is InChI=1S/C15H17N3/c1-12-16-8-13(9-17-12)10-18-7-6-14-4-2-3-5-15(14)11-18/h2-5,8-9H,6-7,10-11H2,1H3. The lowest BCUT2D eigenvalue weighted by molar-refractivity contribution is 0.245. The minimum absolute atomic E-state index is 0.836. The highest BCUT2D eigenvalue weighted by Crippen LogP contribution is 2.19. The molecule has 3 heteroatoms. The van der Waals surface area contributed by atoms with Crippen LogP contribution < -0.4 is 0 Å². The summed E-state index contributed by atoms with van der Waals surface area (Å²) in [6, 6.07) is 8.72. The smallest absolute Gasteiger partial charge is 0.125 e. The minimum Gasteiger partial charge on any atom is -0.294 e. The Labute approximate surface area is 108 Å². The Balaban J connectivity index is 1.71. The number of fused-ring (bicyclic) bond motifs is 1. The van der Waals surface area contributed by atoms with Crippen molar-refractivity contribution in [1.29, 1.82) is 0 Å². The van der Waals surface area contributed by atoms with E-state index in [9.17, 15) is 0 Å². The van der Waals surface area contributed by atoms with Crippen LogP contribution in [0.2, 0.25) is 0 Å². The number of benzene rings is 1. The molecule has 0 radical (unpaired) electrons. The SMILES string of the molecule is Cc1ncc(CN2CCc3ccccc3C2)cn1. The van der Waals surface area contributed by atoms with Crippen LogP contribution in [0.3, 0.4) is 0 Å². The summed E-state index contributed by atoms with van der Waals surface area (Å²) in [5, 5.41) is 0. The van der Waals surface area contributed by atoms with Gasteiger partial charge in [-0.1, -0.05) is 24.3 Å². The molecule has 92 valence electrons. The fourth-order valence-corrected chi connectivity index (χ4v) is 2.45. The molecule has 1 aliphatic rings. The number of aryl methyl sites for hydroxylation is 1. The topological polar surface area (TPSA) is 29.0 Å². The summed E-state index contributed by atoms with van der Waals surface area (Å²) in [4.78, 5) is 11.0. The van der Waals surface area contributed by atoms with Crippen LogP contribution in [0.15, 0.2) is 36.7 Å². The van der Waals surface area contributed by atoms with Gasteiger partial charge in [-0.15, -0.1) is 0 Å². The summed E-state index contributed by atoms with van der Waals surface area (Å²) in [5.74, 6) is 0.836. The first kappa shape index (κ1) is 11.4. The van der Waals surface area contributed by atoms with Crippen LogP contribution in [-0.4, -0.2) is 21.4 Å². The molecule has 0 N–H and O–H groups in total. The van der Waals surface area contributed by atoms with E-state index in [-0.39, 0.29) is 0 Å². The molecule has 2 heterocycles. The van der Waals surface area contributed by atoms with Crippen LogP contribution in [0.5, 0.6) is 0 Å². The largest absolute Gasteiger partial charge is 0.294 e. The molecule has 0 unspecified atom stereocenters. The second-order valence-electron chi connectivity index (χ2n) is 4.87. The minimum atomic E-state index is 0.836. The first-order valence-electron chi connectivity index (χ1n) is 6.38. The van der Waals surface area contributed by atoms with E-state index < -0.39 is 0 Å². The van der Waals surface area contributed by atoms with Gasteiger partial charge in [0.2, 0.25) is 0 Å². The fourth-order valence-electron chi connectivity index (χ4n) is 2.45. The van der Waals surface area contributed by atoms with Gasteiger partial charge in [0.25, 0.3) is 0 Å². The molecule has 0 bridgehead atoms. The molecule has 1 aliphatic heterocycles. The van der Waals surface area contributed by atoms with Crippen molar-refractivity contribution in [3.05, 3.63) is 59.2 Å². The van der Waals surface area contributed by atoms with Crippen LogP contribution in [0, 0.1) is 6.92 Å². The Morgan fingerprint density at radius 1 is 1.11 bits per heavy atom. The van der Waals surface area contributed by atoms with Crippen LogP contribution in [0.4, 0.5) is 0 Å². The molecule has 2 aromatic rings. The highest BCUT2D eigenvalue weighted by atomic mass is 15.1. The molecule has 3 rings (SSSR count). The summed E-state index contributed by atoms with van der Waals surface area (Å²) in [6.45, 7) is 5.00. The first-order valence-corrected chi connectivity index (χ1v) is 6.38. The summed E-state index contributed by atoms with van der Waals surface area (Å²) in [5.41, 5.74) is 4.14. The Kier molecular flexibility index (Phi) is 3.07. The quantitative estimate of drug-likeness (QED) is 0.805. The van der Waals surface area contributed by atoms with Gasteiger partial charge in [-0.25, -0.2) is 9.97 Å². The lowest BCUT2D eigenvalue weighted by Crippen LogP contribution is -2.30. The number of nitrogens with zero attached hydrogens (tertiary/aromatic N) is 3. The Morgan fingerprint density at radius 2 is 1.83 bits per heavy atom. The van der Waals surface area contributed by atoms with Crippen LogP contribution in [-0.2, 0) is 19.5 Å². The van der Waals surface area contributed by atoms with Crippen molar-refractivity contribution in [2.75, 3.05) is 6.54 Å². The van der Waals surface area contributed by atoms with E-state index in [2.05, 4.69) is 39.1 Å². The van der Waals surface area contributed by atoms with Crippen molar-refractivity contribution in [2.45, 2.75) is 26.4 Å². The summed E-state index contributed by atoms with van der Waals surface area (Å²) < 4.78 is 0. The summed E-state index contributed by atoms with van der Waals surface area (Å²) in [7, 11) is 0. The lowest BCUT2D eigenvalue weighted by atomic mass is 10.00.